The summed E-state index contributed by atoms with van der Waals surface area (Å²) in [4.78, 5) is 6.49. The first-order chi connectivity index (χ1) is 11.2. The van der Waals surface area contributed by atoms with Gasteiger partial charge in [-0.25, -0.2) is 13.4 Å². The highest BCUT2D eigenvalue weighted by Gasteiger charge is 2.33. The maximum absolute atomic E-state index is 12.6. The van der Waals surface area contributed by atoms with E-state index in [-0.39, 0.29) is 10.9 Å². The molecule has 4 rings (SSSR count). The standard InChI is InChI=1S/C14H16N6O2S/c21-23(22,13-8-15-10-16-13)19-6-3-4-11(9-19)14-18-17-12-5-1-2-7-20(12)14/h1-2,5,7-8,10-11H,3-4,6,9H2,(H,15,16)/t11-/m1/s1. The van der Waals surface area contributed by atoms with Crippen molar-refractivity contribution in [1.29, 1.82) is 0 Å². The summed E-state index contributed by atoms with van der Waals surface area (Å²) in [5, 5.41) is 8.56. The Kier molecular flexibility index (Phi) is 3.38. The van der Waals surface area contributed by atoms with Gasteiger partial charge in [0, 0.05) is 25.2 Å². The quantitative estimate of drug-likeness (QED) is 0.772. The van der Waals surface area contributed by atoms with E-state index in [0.717, 1.165) is 24.3 Å². The predicted octanol–water partition coefficient (Wildman–Crippen LogP) is 1.02. The lowest BCUT2D eigenvalue weighted by atomic mass is 9.99. The van der Waals surface area contributed by atoms with Gasteiger partial charge in [-0.05, 0) is 25.0 Å². The first-order valence-corrected chi connectivity index (χ1v) is 8.88. The molecule has 3 aromatic rings. The molecule has 0 amide bonds. The average molecular weight is 332 g/mol. The topological polar surface area (TPSA) is 96.2 Å². The fourth-order valence-corrected chi connectivity index (χ4v) is 4.45. The van der Waals surface area contributed by atoms with E-state index < -0.39 is 10.0 Å². The lowest BCUT2D eigenvalue weighted by Gasteiger charge is -2.30. The monoisotopic (exact) mass is 332 g/mol. The third-order valence-corrected chi connectivity index (χ3v) is 5.97. The molecule has 3 aromatic heterocycles. The van der Waals surface area contributed by atoms with Gasteiger partial charge in [0.25, 0.3) is 10.0 Å². The minimum absolute atomic E-state index is 0.0267. The van der Waals surface area contributed by atoms with Gasteiger partial charge in [0.15, 0.2) is 10.7 Å². The Morgan fingerprint density at radius 3 is 3.00 bits per heavy atom. The van der Waals surface area contributed by atoms with E-state index in [4.69, 9.17) is 0 Å². The molecule has 1 fully saturated rings. The van der Waals surface area contributed by atoms with Crippen LogP contribution >= 0.6 is 0 Å². The van der Waals surface area contributed by atoms with E-state index in [1.807, 2.05) is 28.8 Å². The zero-order valence-electron chi connectivity index (χ0n) is 12.3. The number of sulfonamides is 1. The van der Waals surface area contributed by atoms with Crippen molar-refractivity contribution in [2.45, 2.75) is 23.8 Å². The van der Waals surface area contributed by atoms with Crippen LogP contribution in [0.25, 0.3) is 5.65 Å². The van der Waals surface area contributed by atoms with Crippen LogP contribution in [-0.4, -0.2) is 50.4 Å². The van der Waals surface area contributed by atoms with Crippen LogP contribution in [0.4, 0.5) is 0 Å². The van der Waals surface area contributed by atoms with Crippen LogP contribution in [0, 0.1) is 0 Å². The number of hydrogen-bond donors (Lipinski definition) is 1. The molecule has 1 aliphatic rings. The Balaban J connectivity index is 1.65. The average Bonchev–Trinajstić information content (AvgIpc) is 3.25. The second-order valence-electron chi connectivity index (χ2n) is 5.61. The molecule has 23 heavy (non-hydrogen) atoms. The molecule has 0 unspecified atom stereocenters. The number of hydrogen-bond acceptors (Lipinski definition) is 5. The van der Waals surface area contributed by atoms with Gasteiger partial charge in [-0.1, -0.05) is 6.07 Å². The number of nitrogens with zero attached hydrogens (tertiary/aromatic N) is 5. The highest BCUT2D eigenvalue weighted by atomic mass is 32.2. The van der Waals surface area contributed by atoms with Gasteiger partial charge < -0.3 is 4.98 Å². The lowest BCUT2D eigenvalue weighted by Crippen LogP contribution is -2.39. The van der Waals surface area contributed by atoms with E-state index in [0.29, 0.717) is 13.1 Å². The molecule has 8 nitrogen and oxygen atoms in total. The van der Waals surface area contributed by atoms with Gasteiger partial charge >= 0.3 is 0 Å². The van der Waals surface area contributed by atoms with Crippen molar-refractivity contribution >= 4 is 15.7 Å². The van der Waals surface area contributed by atoms with Crippen molar-refractivity contribution in [2.24, 2.45) is 0 Å². The third kappa shape index (κ3) is 2.41. The van der Waals surface area contributed by atoms with Crippen molar-refractivity contribution in [3.05, 3.63) is 42.7 Å². The van der Waals surface area contributed by atoms with E-state index in [2.05, 4.69) is 20.2 Å². The van der Waals surface area contributed by atoms with Gasteiger partial charge in [-0.3, -0.25) is 4.40 Å². The molecule has 1 atom stereocenters. The van der Waals surface area contributed by atoms with Crippen molar-refractivity contribution in [3.8, 4) is 0 Å². The predicted molar refractivity (Wildman–Crippen MR) is 82.3 cm³/mol. The van der Waals surface area contributed by atoms with Crippen LogP contribution in [-0.2, 0) is 10.0 Å². The Labute approximate surface area is 133 Å². The van der Waals surface area contributed by atoms with Crippen LogP contribution in [0.3, 0.4) is 0 Å². The number of rotatable bonds is 3. The first-order valence-electron chi connectivity index (χ1n) is 7.44. The van der Waals surface area contributed by atoms with Crippen molar-refractivity contribution < 1.29 is 8.42 Å². The van der Waals surface area contributed by atoms with Crippen LogP contribution in [0.15, 0.2) is 41.9 Å². The van der Waals surface area contributed by atoms with Crippen molar-refractivity contribution in [1.82, 2.24) is 28.9 Å². The number of aromatic nitrogens is 5. The van der Waals surface area contributed by atoms with Gasteiger partial charge in [0.1, 0.15) is 5.82 Å². The Morgan fingerprint density at radius 2 is 2.17 bits per heavy atom. The molecule has 0 saturated carbocycles. The van der Waals surface area contributed by atoms with E-state index in [1.165, 1.54) is 16.8 Å². The van der Waals surface area contributed by atoms with Crippen LogP contribution in [0.1, 0.15) is 24.6 Å². The fourth-order valence-electron chi connectivity index (χ4n) is 3.03. The summed E-state index contributed by atoms with van der Waals surface area (Å²) < 4.78 is 28.7. The second kappa shape index (κ2) is 5.43. The van der Waals surface area contributed by atoms with Crippen molar-refractivity contribution in [2.75, 3.05) is 13.1 Å². The molecular formula is C14H16N6O2S. The van der Waals surface area contributed by atoms with Gasteiger partial charge in [0.05, 0.1) is 12.5 Å². The molecule has 0 aliphatic carbocycles. The third-order valence-electron chi connectivity index (χ3n) is 4.18. The highest BCUT2D eigenvalue weighted by molar-refractivity contribution is 7.89. The molecule has 4 heterocycles. The number of piperidine rings is 1. The molecule has 0 aromatic carbocycles. The molecule has 0 spiro atoms. The summed E-state index contributed by atoms with van der Waals surface area (Å²) in [7, 11) is -3.54. The summed E-state index contributed by atoms with van der Waals surface area (Å²) in [6, 6.07) is 5.71. The van der Waals surface area contributed by atoms with Gasteiger partial charge in [0.2, 0.25) is 0 Å². The molecular weight excluding hydrogens is 316 g/mol. The van der Waals surface area contributed by atoms with Gasteiger partial charge in [-0.15, -0.1) is 10.2 Å². The highest BCUT2D eigenvalue weighted by Crippen LogP contribution is 2.29. The van der Waals surface area contributed by atoms with E-state index >= 15 is 0 Å². The molecule has 1 aliphatic heterocycles. The Bertz CT molecular complexity index is 918. The van der Waals surface area contributed by atoms with E-state index in [1.54, 1.807) is 0 Å². The number of fused-ring (bicyclic) bond motifs is 1. The minimum Gasteiger partial charge on any atom is -0.335 e. The SMILES string of the molecule is O=S(=O)(c1cnc[nH]1)N1CCC[C@@H](c2nnc3ccccn23)C1. The maximum atomic E-state index is 12.6. The second-order valence-corrected chi connectivity index (χ2v) is 7.51. The summed E-state index contributed by atoms with van der Waals surface area (Å²) in [5.74, 6) is 0.837. The number of imidazole rings is 1. The van der Waals surface area contributed by atoms with Crippen LogP contribution < -0.4 is 0 Å². The van der Waals surface area contributed by atoms with Crippen LogP contribution in [0.5, 0.6) is 0 Å². The molecule has 1 N–H and O–H groups in total. The Hall–Kier alpha value is -2.26. The normalized spacial score (nSPS) is 20.1. The molecule has 9 heteroatoms. The maximum Gasteiger partial charge on any atom is 0.260 e. The van der Waals surface area contributed by atoms with Gasteiger partial charge in [-0.2, -0.15) is 4.31 Å². The van der Waals surface area contributed by atoms with E-state index in [9.17, 15) is 8.42 Å². The fraction of sp³-hybridized carbons (Fsp3) is 0.357. The largest absolute Gasteiger partial charge is 0.335 e. The molecule has 0 bridgehead atoms. The number of H-pyrrole nitrogens is 1. The summed E-state index contributed by atoms with van der Waals surface area (Å²) >= 11 is 0. The number of pyridine rings is 1. The molecule has 120 valence electrons. The lowest BCUT2D eigenvalue weighted by molar-refractivity contribution is 0.307. The smallest absolute Gasteiger partial charge is 0.260 e. The number of nitrogens with one attached hydrogen (secondary N) is 1. The zero-order chi connectivity index (χ0) is 15.9. The summed E-state index contributed by atoms with van der Waals surface area (Å²) in [5.41, 5.74) is 0.774. The molecule has 0 radical (unpaired) electrons. The minimum atomic E-state index is -3.54. The van der Waals surface area contributed by atoms with Crippen LogP contribution in [0.2, 0.25) is 0 Å². The van der Waals surface area contributed by atoms with Crippen molar-refractivity contribution in [3.63, 3.8) is 0 Å². The zero-order valence-corrected chi connectivity index (χ0v) is 13.1. The number of aromatic amines is 1. The first kappa shape index (κ1) is 14.3. The Morgan fingerprint density at radius 1 is 1.26 bits per heavy atom. The molecule has 1 saturated heterocycles. The summed E-state index contributed by atoms with van der Waals surface area (Å²) in [6.07, 6.45) is 6.31. The summed E-state index contributed by atoms with van der Waals surface area (Å²) in [6.45, 7) is 0.908.